The Kier molecular flexibility index (Phi) is 5.07. The molecule has 0 fully saturated rings. The predicted molar refractivity (Wildman–Crippen MR) is 80.7 cm³/mol. The van der Waals surface area contributed by atoms with Crippen molar-refractivity contribution in [2.24, 2.45) is 0 Å². The summed E-state index contributed by atoms with van der Waals surface area (Å²) in [5.74, 6) is 0. The van der Waals surface area contributed by atoms with Gasteiger partial charge in [0.05, 0.1) is 0 Å². The van der Waals surface area contributed by atoms with Crippen LogP contribution in [-0.4, -0.2) is 0 Å². The van der Waals surface area contributed by atoms with Crippen LogP contribution >= 0.6 is 34.5 Å². The summed E-state index contributed by atoms with van der Waals surface area (Å²) in [6.07, 6.45) is 1.11. The molecule has 96 valence electrons. The van der Waals surface area contributed by atoms with E-state index in [1.165, 1.54) is 9.75 Å². The fraction of sp³-hybridized carbons (Fsp3) is 0.286. The summed E-state index contributed by atoms with van der Waals surface area (Å²) in [7, 11) is 0. The van der Waals surface area contributed by atoms with Crippen LogP contribution in [0.15, 0.2) is 30.3 Å². The Morgan fingerprint density at radius 1 is 1.00 bits per heavy atom. The maximum atomic E-state index is 5.96. The molecule has 18 heavy (non-hydrogen) atoms. The fourth-order valence-electron chi connectivity index (χ4n) is 1.75. The molecule has 1 heterocycles. The summed E-state index contributed by atoms with van der Waals surface area (Å²) in [5.41, 5.74) is 1.11. The maximum Gasteiger partial charge on any atom is 0.0424 e. The molecule has 0 aliphatic heterocycles. The van der Waals surface area contributed by atoms with Gasteiger partial charge in [0.15, 0.2) is 0 Å². The second-order valence-corrected chi connectivity index (χ2v) is 6.23. The van der Waals surface area contributed by atoms with E-state index in [0.717, 1.165) is 25.1 Å². The van der Waals surface area contributed by atoms with Crippen molar-refractivity contribution >= 4 is 34.5 Å². The first-order chi connectivity index (χ1) is 8.67. The lowest BCUT2D eigenvalue weighted by molar-refractivity contribution is 0.701. The standard InChI is InChI=1S/C14H15Cl2NS/c1-2-13-3-4-14(18-13)9-17-8-10-5-11(15)7-12(16)6-10/h3-7,17H,2,8-9H2,1H3. The number of rotatable bonds is 5. The minimum absolute atomic E-state index is 0.684. The van der Waals surface area contributed by atoms with Crippen LogP contribution in [0.4, 0.5) is 0 Å². The van der Waals surface area contributed by atoms with Gasteiger partial charge in [0, 0.05) is 32.9 Å². The fourth-order valence-corrected chi connectivity index (χ4v) is 3.25. The van der Waals surface area contributed by atoms with Gasteiger partial charge >= 0.3 is 0 Å². The van der Waals surface area contributed by atoms with Crippen LogP contribution in [0.3, 0.4) is 0 Å². The molecule has 1 aromatic carbocycles. The summed E-state index contributed by atoms with van der Waals surface area (Å²) in [4.78, 5) is 2.79. The van der Waals surface area contributed by atoms with Crippen molar-refractivity contribution in [1.29, 1.82) is 0 Å². The number of benzene rings is 1. The number of nitrogens with one attached hydrogen (secondary N) is 1. The van der Waals surface area contributed by atoms with Gasteiger partial charge in [-0.05, 0) is 42.3 Å². The number of hydrogen-bond donors (Lipinski definition) is 1. The SMILES string of the molecule is CCc1ccc(CNCc2cc(Cl)cc(Cl)c2)s1. The van der Waals surface area contributed by atoms with E-state index in [4.69, 9.17) is 23.2 Å². The minimum Gasteiger partial charge on any atom is -0.308 e. The molecule has 0 saturated carbocycles. The molecule has 2 aromatic rings. The van der Waals surface area contributed by atoms with E-state index in [9.17, 15) is 0 Å². The molecule has 1 N–H and O–H groups in total. The van der Waals surface area contributed by atoms with E-state index < -0.39 is 0 Å². The van der Waals surface area contributed by atoms with Gasteiger partial charge in [-0.25, -0.2) is 0 Å². The first-order valence-corrected chi connectivity index (χ1v) is 7.48. The predicted octanol–water partition coefficient (Wildman–Crippen LogP) is 4.91. The van der Waals surface area contributed by atoms with E-state index in [1.54, 1.807) is 6.07 Å². The van der Waals surface area contributed by atoms with Crippen molar-refractivity contribution in [3.8, 4) is 0 Å². The zero-order valence-electron chi connectivity index (χ0n) is 10.2. The van der Waals surface area contributed by atoms with Gasteiger partial charge in [0.1, 0.15) is 0 Å². The van der Waals surface area contributed by atoms with Gasteiger partial charge in [-0.2, -0.15) is 0 Å². The lowest BCUT2D eigenvalue weighted by Crippen LogP contribution is -2.11. The normalized spacial score (nSPS) is 10.8. The molecule has 2 rings (SSSR count). The summed E-state index contributed by atoms with van der Waals surface area (Å²) < 4.78 is 0. The Labute approximate surface area is 122 Å². The summed E-state index contributed by atoms with van der Waals surface area (Å²) in [6.45, 7) is 3.84. The van der Waals surface area contributed by atoms with Gasteiger partial charge in [0.25, 0.3) is 0 Å². The van der Waals surface area contributed by atoms with Gasteiger partial charge in [0.2, 0.25) is 0 Å². The van der Waals surface area contributed by atoms with Crippen molar-refractivity contribution < 1.29 is 0 Å². The summed E-state index contributed by atoms with van der Waals surface area (Å²) in [6, 6.07) is 10.00. The quantitative estimate of drug-likeness (QED) is 0.827. The van der Waals surface area contributed by atoms with Crippen molar-refractivity contribution in [3.63, 3.8) is 0 Å². The van der Waals surface area contributed by atoms with Crippen LogP contribution < -0.4 is 5.32 Å². The lowest BCUT2D eigenvalue weighted by atomic mass is 10.2. The highest BCUT2D eigenvalue weighted by Gasteiger charge is 2.00. The van der Waals surface area contributed by atoms with Crippen LogP contribution in [0.5, 0.6) is 0 Å². The van der Waals surface area contributed by atoms with E-state index in [1.807, 2.05) is 23.5 Å². The maximum absolute atomic E-state index is 5.96. The Hall–Kier alpha value is -0.540. The summed E-state index contributed by atoms with van der Waals surface area (Å²) in [5, 5.41) is 4.77. The van der Waals surface area contributed by atoms with Crippen LogP contribution in [0.25, 0.3) is 0 Å². The second-order valence-electron chi connectivity index (χ2n) is 4.10. The van der Waals surface area contributed by atoms with Crippen LogP contribution in [0, 0.1) is 0 Å². The zero-order valence-corrected chi connectivity index (χ0v) is 12.5. The van der Waals surface area contributed by atoms with Crippen molar-refractivity contribution in [1.82, 2.24) is 5.32 Å². The van der Waals surface area contributed by atoms with E-state index in [2.05, 4.69) is 24.4 Å². The van der Waals surface area contributed by atoms with E-state index in [0.29, 0.717) is 10.0 Å². The molecule has 0 saturated heterocycles. The Bertz CT molecular complexity index is 502. The zero-order chi connectivity index (χ0) is 13.0. The molecule has 0 radical (unpaired) electrons. The molecule has 0 unspecified atom stereocenters. The Morgan fingerprint density at radius 2 is 1.67 bits per heavy atom. The highest BCUT2D eigenvalue weighted by Crippen LogP contribution is 2.20. The molecule has 0 amide bonds. The third-order valence-corrected chi connectivity index (χ3v) is 4.28. The minimum atomic E-state index is 0.684. The van der Waals surface area contributed by atoms with Crippen molar-refractivity contribution in [2.75, 3.05) is 0 Å². The average molecular weight is 300 g/mol. The molecule has 4 heteroatoms. The highest BCUT2D eigenvalue weighted by atomic mass is 35.5. The first kappa shape index (κ1) is 13.9. The third-order valence-electron chi connectivity index (χ3n) is 2.62. The molecule has 0 aliphatic carbocycles. The Balaban J connectivity index is 1.88. The molecule has 0 bridgehead atoms. The smallest absolute Gasteiger partial charge is 0.0424 e. The highest BCUT2D eigenvalue weighted by molar-refractivity contribution is 7.11. The van der Waals surface area contributed by atoms with Crippen LogP contribution in [0.1, 0.15) is 22.2 Å². The number of halogens is 2. The van der Waals surface area contributed by atoms with Crippen molar-refractivity contribution in [3.05, 3.63) is 55.7 Å². The number of hydrogen-bond acceptors (Lipinski definition) is 2. The molecule has 0 atom stereocenters. The number of thiophene rings is 1. The second kappa shape index (κ2) is 6.58. The average Bonchev–Trinajstić information content (AvgIpc) is 2.76. The van der Waals surface area contributed by atoms with Crippen molar-refractivity contribution in [2.45, 2.75) is 26.4 Å². The first-order valence-electron chi connectivity index (χ1n) is 5.90. The van der Waals surface area contributed by atoms with Crippen LogP contribution in [-0.2, 0) is 19.5 Å². The molecule has 0 spiro atoms. The monoisotopic (exact) mass is 299 g/mol. The van der Waals surface area contributed by atoms with Gasteiger partial charge in [-0.1, -0.05) is 30.1 Å². The topological polar surface area (TPSA) is 12.0 Å². The summed E-state index contributed by atoms with van der Waals surface area (Å²) >= 11 is 13.8. The van der Waals surface area contributed by atoms with E-state index in [-0.39, 0.29) is 0 Å². The lowest BCUT2D eigenvalue weighted by Gasteiger charge is -2.05. The third kappa shape index (κ3) is 3.99. The largest absolute Gasteiger partial charge is 0.308 e. The van der Waals surface area contributed by atoms with Gasteiger partial charge < -0.3 is 5.32 Å². The van der Waals surface area contributed by atoms with E-state index >= 15 is 0 Å². The molecular weight excluding hydrogens is 285 g/mol. The molecule has 0 aliphatic rings. The molecule has 1 nitrogen and oxygen atoms in total. The number of aryl methyl sites for hydroxylation is 1. The van der Waals surface area contributed by atoms with Gasteiger partial charge in [-0.3, -0.25) is 0 Å². The van der Waals surface area contributed by atoms with Gasteiger partial charge in [-0.15, -0.1) is 11.3 Å². The molecule has 1 aromatic heterocycles. The molecular formula is C14H15Cl2NS. The van der Waals surface area contributed by atoms with Crippen LogP contribution in [0.2, 0.25) is 10.0 Å². The Morgan fingerprint density at radius 3 is 2.28 bits per heavy atom.